The Morgan fingerprint density at radius 2 is 2.10 bits per heavy atom. The number of sulfonamides is 1. The molecule has 1 aromatic rings. The van der Waals surface area contributed by atoms with Gasteiger partial charge in [-0.05, 0) is 48.1 Å². The van der Waals surface area contributed by atoms with Crippen molar-refractivity contribution in [1.82, 2.24) is 9.62 Å². The molecule has 0 aliphatic rings. The van der Waals surface area contributed by atoms with E-state index >= 15 is 0 Å². The Hall–Kier alpha value is -0.670. The average Bonchev–Trinajstić information content (AvgIpc) is 2.41. The normalized spacial score (nSPS) is 11.9. The summed E-state index contributed by atoms with van der Waals surface area (Å²) in [5.74, 6) is -1.28. The Labute approximate surface area is 137 Å². The van der Waals surface area contributed by atoms with Crippen molar-refractivity contribution in [2.75, 3.05) is 27.2 Å². The summed E-state index contributed by atoms with van der Waals surface area (Å²) in [6.45, 7) is 1.01. The number of carbonyl (C=O) groups is 1. The lowest BCUT2D eigenvalue weighted by atomic mass is 10.2. The number of nitrogens with one attached hydrogen (secondary N) is 1. The van der Waals surface area contributed by atoms with Crippen molar-refractivity contribution in [2.45, 2.75) is 11.3 Å². The van der Waals surface area contributed by atoms with Crippen LogP contribution in [0.3, 0.4) is 0 Å². The Kier molecular flexibility index (Phi) is 6.61. The third-order valence-corrected chi connectivity index (χ3v) is 5.94. The highest BCUT2D eigenvalue weighted by molar-refractivity contribution is 9.10. The third kappa shape index (κ3) is 4.40. The molecular weight excluding hydrogens is 384 g/mol. The van der Waals surface area contributed by atoms with Crippen LogP contribution in [0.15, 0.2) is 21.5 Å². The molecule has 1 rings (SSSR count). The van der Waals surface area contributed by atoms with Crippen LogP contribution >= 0.6 is 27.5 Å². The fourth-order valence-corrected chi connectivity index (χ4v) is 3.71. The third-order valence-electron chi connectivity index (χ3n) is 2.84. The zero-order chi connectivity index (χ0) is 16.2. The molecule has 1 aromatic carbocycles. The average molecular weight is 400 g/mol. The van der Waals surface area contributed by atoms with Gasteiger partial charge >= 0.3 is 5.97 Å². The van der Waals surface area contributed by atoms with Gasteiger partial charge in [-0.3, -0.25) is 0 Å². The molecule has 0 aliphatic carbocycles. The van der Waals surface area contributed by atoms with Crippen molar-refractivity contribution in [1.29, 1.82) is 0 Å². The van der Waals surface area contributed by atoms with Gasteiger partial charge in [-0.15, -0.1) is 0 Å². The van der Waals surface area contributed by atoms with Gasteiger partial charge in [-0.1, -0.05) is 11.6 Å². The van der Waals surface area contributed by atoms with E-state index in [0.29, 0.717) is 19.5 Å². The van der Waals surface area contributed by atoms with Crippen molar-refractivity contribution in [3.63, 3.8) is 0 Å². The van der Waals surface area contributed by atoms with Gasteiger partial charge in [0, 0.05) is 18.1 Å². The lowest BCUT2D eigenvalue weighted by Crippen LogP contribution is -2.29. The maximum atomic E-state index is 12.4. The van der Waals surface area contributed by atoms with Gasteiger partial charge in [-0.25, -0.2) is 17.5 Å². The van der Waals surface area contributed by atoms with Crippen LogP contribution in [-0.2, 0) is 10.0 Å². The molecular formula is C12H16BrClN2O4S. The number of halogens is 2. The van der Waals surface area contributed by atoms with Crippen LogP contribution in [0.4, 0.5) is 0 Å². The van der Waals surface area contributed by atoms with E-state index in [1.54, 1.807) is 7.05 Å². The molecule has 2 N–H and O–H groups in total. The summed E-state index contributed by atoms with van der Waals surface area (Å²) in [5, 5.41) is 12.0. The van der Waals surface area contributed by atoms with E-state index in [2.05, 4.69) is 21.2 Å². The summed E-state index contributed by atoms with van der Waals surface area (Å²) in [6, 6.07) is 2.37. The van der Waals surface area contributed by atoms with E-state index in [1.165, 1.54) is 17.4 Å². The first-order valence-corrected chi connectivity index (χ1v) is 8.66. The van der Waals surface area contributed by atoms with Crippen LogP contribution in [-0.4, -0.2) is 51.0 Å². The maximum Gasteiger partial charge on any atom is 0.337 e. The molecule has 0 aromatic heterocycles. The topological polar surface area (TPSA) is 86.7 Å². The second-order valence-corrected chi connectivity index (χ2v) is 7.63. The first kappa shape index (κ1) is 18.4. The molecule has 0 unspecified atom stereocenters. The summed E-state index contributed by atoms with van der Waals surface area (Å²) in [6.07, 6.45) is 0.646. The molecule has 0 saturated carbocycles. The molecule has 0 aliphatic heterocycles. The Morgan fingerprint density at radius 1 is 1.48 bits per heavy atom. The minimum atomic E-state index is -3.76. The van der Waals surface area contributed by atoms with Crippen LogP contribution in [0.5, 0.6) is 0 Å². The zero-order valence-electron chi connectivity index (χ0n) is 11.6. The minimum Gasteiger partial charge on any atom is -0.478 e. The van der Waals surface area contributed by atoms with Crippen LogP contribution < -0.4 is 5.32 Å². The quantitative estimate of drug-likeness (QED) is 0.685. The Balaban J connectivity index is 3.17. The van der Waals surface area contributed by atoms with Gasteiger partial charge in [0.25, 0.3) is 0 Å². The molecule has 0 atom stereocenters. The molecule has 0 amide bonds. The number of hydrogen-bond donors (Lipinski definition) is 2. The molecule has 0 heterocycles. The second-order valence-electron chi connectivity index (χ2n) is 4.36. The molecule has 118 valence electrons. The first-order chi connectivity index (χ1) is 9.71. The van der Waals surface area contributed by atoms with Crippen molar-refractivity contribution in [3.05, 3.63) is 27.2 Å². The number of rotatable bonds is 7. The standard InChI is InChI=1S/C12H16BrClN2O4S/c1-15-4-3-5-16(2)21(19,20)8-6-9(12(17)18)11(14)10(13)7-8/h6-7,15H,3-5H2,1-2H3,(H,17,18). The molecule has 0 saturated heterocycles. The second kappa shape index (κ2) is 7.55. The number of benzene rings is 1. The fraction of sp³-hybridized carbons (Fsp3) is 0.417. The number of carboxylic acids is 1. The van der Waals surface area contributed by atoms with Crippen LogP contribution in [0.2, 0.25) is 5.02 Å². The summed E-state index contributed by atoms with van der Waals surface area (Å²) < 4.78 is 26.2. The minimum absolute atomic E-state index is 0.0284. The van der Waals surface area contributed by atoms with E-state index in [1.807, 2.05) is 0 Å². The van der Waals surface area contributed by atoms with Crippen LogP contribution in [0.1, 0.15) is 16.8 Å². The molecule has 9 heteroatoms. The smallest absolute Gasteiger partial charge is 0.337 e. The van der Waals surface area contributed by atoms with E-state index < -0.39 is 16.0 Å². The molecule has 0 radical (unpaired) electrons. The molecule has 0 spiro atoms. The summed E-state index contributed by atoms with van der Waals surface area (Å²) in [4.78, 5) is 11.0. The zero-order valence-corrected chi connectivity index (χ0v) is 14.7. The SMILES string of the molecule is CNCCCN(C)S(=O)(=O)c1cc(Br)c(Cl)c(C(=O)O)c1. The van der Waals surface area contributed by atoms with Crippen molar-refractivity contribution in [2.24, 2.45) is 0 Å². The first-order valence-electron chi connectivity index (χ1n) is 6.05. The number of nitrogens with zero attached hydrogens (tertiary/aromatic N) is 1. The van der Waals surface area contributed by atoms with Gasteiger partial charge in [0.2, 0.25) is 10.0 Å². The van der Waals surface area contributed by atoms with Crippen molar-refractivity contribution in [3.8, 4) is 0 Å². The highest BCUT2D eigenvalue weighted by Crippen LogP contribution is 2.30. The summed E-state index contributed by atoms with van der Waals surface area (Å²) in [5.41, 5.74) is -0.256. The van der Waals surface area contributed by atoms with Gasteiger partial charge in [0.1, 0.15) is 0 Å². The molecule has 6 nitrogen and oxygen atoms in total. The predicted octanol–water partition coefficient (Wildman–Crippen LogP) is 2.03. The van der Waals surface area contributed by atoms with Crippen LogP contribution in [0, 0.1) is 0 Å². The van der Waals surface area contributed by atoms with Crippen LogP contribution in [0.25, 0.3) is 0 Å². The van der Waals surface area contributed by atoms with Gasteiger partial charge in [-0.2, -0.15) is 0 Å². The Morgan fingerprint density at radius 3 is 2.62 bits per heavy atom. The van der Waals surface area contributed by atoms with E-state index in [0.717, 1.165) is 6.07 Å². The highest BCUT2D eigenvalue weighted by atomic mass is 79.9. The monoisotopic (exact) mass is 398 g/mol. The summed E-state index contributed by atoms with van der Waals surface area (Å²) in [7, 11) is -0.527. The number of hydrogen-bond acceptors (Lipinski definition) is 4. The van der Waals surface area contributed by atoms with Crippen molar-refractivity contribution >= 4 is 43.5 Å². The number of aromatic carboxylic acids is 1. The number of carboxylic acid groups (broad SMARTS) is 1. The van der Waals surface area contributed by atoms with E-state index in [-0.39, 0.29) is 20.0 Å². The summed E-state index contributed by atoms with van der Waals surface area (Å²) >= 11 is 8.93. The lowest BCUT2D eigenvalue weighted by Gasteiger charge is -2.18. The predicted molar refractivity (Wildman–Crippen MR) is 84.5 cm³/mol. The van der Waals surface area contributed by atoms with Gasteiger partial charge < -0.3 is 10.4 Å². The molecule has 0 bridgehead atoms. The van der Waals surface area contributed by atoms with Gasteiger partial charge in [0.15, 0.2) is 0 Å². The lowest BCUT2D eigenvalue weighted by molar-refractivity contribution is 0.0696. The van der Waals surface area contributed by atoms with E-state index in [4.69, 9.17) is 16.7 Å². The van der Waals surface area contributed by atoms with Crippen molar-refractivity contribution < 1.29 is 18.3 Å². The maximum absolute atomic E-state index is 12.4. The fourth-order valence-electron chi connectivity index (χ4n) is 1.65. The van der Waals surface area contributed by atoms with E-state index in [9.17, 15) is 13.2 Å². The Bertz CT molecular complexity index is 636. The van der Waals surface area contributed by atoms with Gasteiger partial charge in [0.05, 0.1) is 15.5 Å². The largest absolute Gasteiger partial charge is 0.478 e. The molecule has 0 fully saturated rings. The highest BCUT2D eigenvalue weighted by Gasteiger charge is 2.24. The molecule has 21 heavy (non-hydrogen) atoms.